The first kappa shape index (κ1) is 16.5. The molecule has 0 aromatic carbocycles. The molecule has 0 spiro atoms. The largest absolute Gasteiger partial charge is 0.475 e. The van der Waals surface area contributed by atoms with E-state index in [2.05, 4.69) is 16.9 Å². The van der Waals surface area contributed by atoms with Crippen LogP contribution in [0, 0.1) is 0 Å². The third-order valence-corrected chi connectivity index (χ3v) is 3.28. The zero-order valence-electron chi connectivity index (χ0n) is 13.5. The fraction of sp³-hybridized carbons (Fsp3) is 0.529. The number of pyridine rings is 1. The van der Waals surface area contributed by atoms with Crippen LogP contribution in [0.1, 0.15) is 32.8 Å². The first-order valence-corrected chi connectivity index (χ1v) is 7.57. The van der Waals surface area contributed by atoms with E-state index < -0.39 is 11.7 Å². The third-order valence-electron chi connectivity index (χ3n) is 3.28. The molecule has 22 heavy (non-hydrogen) atoms. The van der Waals surface area contributed by atoms with Gasteiger partial charge in [-0.3, -0.25) is 4.98 Å². The van der Waals surface area contributed by atoms with Gasteiger partial charge in [0, 0.05) is 6.20 Å². The van der Waals surface area contributed by atoms with Gasteiger partial charge in [0.2, 0.25) is 6.10 Å². The zero-order chi connectivity index (χ0) is 16.2. The van der Waals surface area contributed by atoms with Crippen molar-refractivity contribution in [2.24, 2.45) is 0 Å². The molecular formula is C17H24N2O3. The van der Waals surface area contributed by atoms with Crippen LogP contribution in [0.15, 0.2) is 31.1 Å². The number of carbonyl (C=O) groups is 1. The van der Waals surface area contributed by atoms with Crippen molar-refractivity contribution in [2.75, 3.05) is 6.54 Å². The lowest BCUT2D eigenvalue weighted by atomic mass is 10.0. The van der Waals surface area contributed by atoms with Crippen LogP contribution in [0.3, 0.4) is 0 Å². The summed E-state index contributed by atoms with van der Waals surface area (Å²) < 4.78 is 11.3. The van der Waals surface area contributed by atoms with Gasteiger partial charge in [0.15, 0.2) is 0 Å². The molecule has 2 atom stereocenters. The number of rotatable bonds is 6. The molecule has 1 saturated heterocycles. The van der Waals surface area contributed by atoms with E-state index >= 15 is 0 Å². The van der Waals surface area contributed by atoms with Crippen molar-refractivity contribution in [3.05, 3.63) is 36.7 Å². The van der Waals surface area contributed by atoms with Crippen LogP contribution < -0.4 is 10.1 Å². The molecule has 0 amide bonds. The summed E-state index contributed by atoms with van der Waals surface area (Å²) in [6.45, 7) is 10.2. The van der Waals surface area contributed by atoms with Gasteiger partial charge in [-0.05, 0) is 51.8 Å². The Labute approximate surface area is 131 Å². The molecule has 0 saturated carbocycles. The van der Waals surface area contributed by atoms with Gasteiger partial charge >= 0.3 is 5.97 Å². The van der Waals surface area contributed by atoms with Gasteiger partial charge in [-0.25, -0.2) is 4.79 Å². The van der Waals surface area contributed by atoms with Crippen molar-refractivity contribution in [1.29, 1.82) is 0 Å². The Morgan fingerprint density at radius 3 is 2.82 bits per heavy atom. The maximum Gasteiger partial charge on any atom is 0.349 e. The predicted molar refractivity (Wildman–Crippen MR) is 84.8 cm³/mol. The summed E-state index contributed by atoms with van der Waals surface area (Å²) in [5.74, 6) is 0.225. The molecule has 5 heteroatoms. The molecule has 1 N–H and O–H groups in total. The van der Waals surface area contributed by atoms with E-state index in [1.807, 2.05) is 26.8 Å². The fourth-order valence-corrected chi connectivity index (χ4v) is 2.18. The molecule has 1 aromatic rings. The lowest BCUT2D eigenvalue weighted by molar-refractivity contribution is -0.165. The molecule has 0 aliphatic carbocycles. The summed E-state index contributed by atoms with van der Waals surface area (Å²) in [4.78, 5) is 16.5. The lowest BCUT2D eigenvalue weighted by Crippen LogP contribution is -2.57. The van der Waals surface area contributed by atoms with E-state index in [9.17, 15) is 4.79 Å². The Kier molecular flexibility index (Phi) is 5.19. The molecule has 2 rings (SSSR count). The topological polar surface area (TPSA) is 60.5 Å². The summed E-state index contributed by atoms with van der Waals surface area (Å²) in [6.07, 6.45) is 6.13. The molecule has 1 aliphatic rings. The number of hydrogen-bond donors (Lipinski definition) is 1. The van der Waals surface area contributed by atoms with Gasteiger partial charge in [-0.2, -0.15) is 0 Å². The number of aromatic nitrogens is 1. The van der Waals surface area contributed by atoms with E-state index in [4.69, 9.17) is 9.47 Å². The van der Waals surface area contributed by atoms with Gasteiger partial charge in [0.05, 0.1) is 12.2 Å². The Morgan fingerprint density at radius 1 is 1.55 bits per heavy atom. The second kappa shape index (κ2) is 6.92. The van der Waals surface area contributed by atoms with Gasteiger partial charge in [-0.1, -0.05) is 6.08 Å². The smallest absolute Gasteiger partial charge is 0.349 e. The van der Waals surface area contributed by atoms with Crippen molar-refractivity contribution in [2.45, 2.75) is 51.4 Å². The Morgan fingerprint density at radius 2 is 2.27 bits per heavy atom. The van der Waals surface area contributed by atoms with Crippen LogP contribution in [0.2, 0.25) is 0 Å². The minimum atomic E-state index is -0.659. The predicted octanol–water partition coefficient (Wildman–Crippen LogP) is 2.26. The molecule has 1 aromatic heterocycles. The SMILES string of the molecule is C=CCc1cncc(OC(C(=O)OC(C)(C)C)[C@@H]2CCN2)c1. The molecule has 120 valence electrons. The maximum absolute atomic E-state index is 12.4. The Bertz CT molecular complexity index is 533. The minimum absolute atomic E-state index is 0.0158. The monoisotopic (exact) mass is 304 g/mol. The highest BCUT2D eigenvalue weighted by atomic mass is 16.6. The molecule has 0 bridgehead atoms. The number of esters is 1. The number of nitrogens with zero attached hydrogens (tertiary/aromatic N) is 1. The first-order chi connectivity index (χ1) is 10.4. The van der Waals surface area contributed by atoms with Gasteiger partial charge in [-0.15, -0.1) is 6.58 Å². The van der Waals surface area contributed by atoms with Crippen LogP contribution in [0.4, 0.5) is 0 Å². The normalized spacial score (nSPS) is 19.0. The van der Waals surface area contributed by atoms with Crippen LogP contribution in [-0.2, 0) is 16.0 Å². The van der Waals surface area contributed by atoms with Crippen molar-refractivity contribution < 1.29 is 14.3 Å². The van der Waals surface area contributed by atoms with Gasteiger partial charge in [0.1, 0.15) is 11.4 Å². The summed E-state index contributed by atoms with van der Waals surface area (Å²) >= 11 is 0. The van der Waals surface area contributed by atoms with Crippen LogP contribution >= 0.6 is 0 Å². The summed E-state index contributed by atoms with van der Waals surface area (Å²) in [6, 6.07) is 1.86. The number of carbonyl (C=O) groups excluding carboxylic acids is 1. The zero-order valence-corrected chi connectivity index (χ0v) is 13.5. The summed E-state index contributed by atoms with van der Waals surface area (Å²) in [5.41, 5.74) is 0.461. The van der Waals surface area contributed by atoms with E-state index in [0.717, 1.165) is 18.5 Å². The molecule has 2 heterocycles. The molecule has 5 nitrogen and oxygen atoms in total. The van der Waals surface area contributed by atoms with E-state index in [-0.39, 0.29) is 12.0 Å². The van der Waals surface area contributed by atoms with Gasteiger partial charge in [0.25, 0.3) is 0 Å². The molecule has 1 fully saturated rings. The minimum Gasteiger partial charge on any atom is -0.475 e. The van der Waals surface area contributed by atoms with Gasteiger partial charge < -0.3 is 14.8 Å². The highest BCUT2D eigenvalue weighted by Gasteiger charge is 2.37. The average Bonchev–Trinajstić information content (AvgIpc) is 2.34. The Hall–Kier alpha value is -1.88. The Balaban J connectivity index is 2.11. The van der Waals surface area contributed by atoms with Crippen LogP contribution in [0.5, 0.6) is 5.75 Å². The second-order valence-electron chi connectivity index (χ2n) is 6.44. The van der Waals surface area contributed by atoms with E-state index in [0.29, 0.717) is 12.2 Å². The van der Waals surface area contributed by atoms with E-state index in [1.54, 1.807) is 18.5 Å². The summed E-state index contributed by atoms with van der Waals surface area (Å²) in [5, 5.41) is 3.21. The van der Waals surface area contributed by atoms with Crippen molar-refractivity contribution in [3.63, 3.8) is 0 Å². The van der Waals surface area contributed by atoms with Crippen LogP contribution in [0.25, 0.3) is 0 Å². The van der Waals surface area contributed by atoms with E-state index in [1.165, 1.54) is 0 Å². The molecule has 1 aliphatic heterocycles. The number of allylic oxidation sites excluding steroid dienone is 1. The standard InChI is InChI=1S/C17H24N2O3/c1-5-6-12-9-13(11-18-10-12)21-15(14-7-8-19-14)16(20)22-17(2,3)4/h5,9-11,14-15,19H,1,6-8H2,2-4H3/t14-,15?/m0/s1. The number of ether oxygens (including phenoxy) is 2. The average molecular weight is 304 g/mol. The number of hydrogen-bond acceptors (Lipinski definition) is 5. The highest BCUT2D eigenvalue weighted by Crippen LogP contribution is 2.21. The lowest BCUT2D eigenvalue weighted by Gasteiger charge is -2.35. The first-order valence-electron chi connectivity index (χ1n) is 7.57. The van der Waals surface area contributed by atoms with Crippen LogP contribution in [-0.4, -0.2) is 35.2 Å². The molecule has 0 radical (unpaired) electrons. The molecule has 1 unspecified atom stereocenters. The maximum atomic E-state index is 12.4. The van der Waals surface area contributed by atoms with Crippen molar-refractivity contribution in [1.82, 2.24) is 10.3 Å². The quantitative estimate of drug-likeness (QED) is 0.645. The summed E-state index contributed by atoms with van der Waals surface area (Å²) in [7, 11) is 0. The number of nitrogens with one attached hydrogen (secondary N) is 1. The molecular weight excluding hydrogens is 280 g/mol. The highest BCUT2D eigenvalue weighted by molar-refractivity contribution is 5.76. The fourth-order valence-electron chi connectivity index (χ4n) is 2.18. The second-order valence-corrected chi connectivity index (χ2v) is 6.44. The van der Waals surface area contributed by atoms with Crippen molar-refractivity contribution in [3.8, 4) is 5.75 Å². The van der Waals surface area contributed by atoms with Crippen molar-refractivity contribution >= 4 is 5.97 Å². The third kappa shape index (κ3) is 4.56.